The highest BCUT2D eigenvalue weighted by Gasteiger charge is 2.63. The molecular formula is C39H52F2N6O8S. The molecule has 0 radical (unpaired) electrons. The van der Waals surface area contributed by atoms with Crippen LogP contribution in [0.25, 0.3) is 11.0 Å². The van der Waals surface area contributed by atoms with Crippen molar-refractivity contribution in [2.45, 2.75) is 140 Å². The van der Waals surface area contributed by atoms with Gasteiger partial charge >= 0.3 is 6.09 Å². The van der Waals surface area contributed by atoms with Crippen molar-refractivity contribution in [3.63, 3.8) is 0 Å². The number of alkyl carbamates (subject to hydrolysis) is 1. The highest BCUT2D eigenvalue weighted by atomic mass is 32.2. The minimum atomic E-state index is -3.94. The normalized spacial score (nSPS) is 32.1. The summed E-state index contributed by atoms with van der Waals surface area (Å²) in [6.45, 7) is 8.61. The van der Waals surface area contributed by atoms with Gasteiger partial charge in [0.15, 0.2) is 5.69 Å². The van der Waals surface area contributed by atoms with Gasteiger partial charge in [0.05, 0.1) is 22.8 Å². The number of aromatic nitrogens is 2. The smallest absolute Gasteiger partial charge is 0.408 e. The third-order valence-electron chi connectivity index (χ3n) is 12.1. The molecule has 3 heterocycles. The van der Waals surface area contributed by atoms with Crippen LogP contribution in [0, 0.1) is 23.2 Å². The number of nitrogens with one attached hydrogen (secondary N) is 3. The molecule has 1 aromatic carbocycles. The average Bonchev–Trinajstić information content (AvgIpc) is 4.05. The number of alkyl halides is 2. The van der Waals surface area contributed by atoms with Gasteiger partial charge in [-0.15, -0.1) is 0 Å². The number of para-hydroxylation sites is 2. The van der Waals surface area contributed by atoms with Gasteiger partial charge in [0.25, 0.3) is 11.8 Å². The Kier molecular flexibility index (Phi) is 10.5. The van der Waals surface area contributed by atoms with Crippen molar-refractivity contribution >= 4 is 44.9 Å². The lowest BCUT2D eigenvalue weighted by Crippen LogP contribution is -2.61. The van der Waals surface area contributed by atoms with Crippen molar-refractivity contribution in [3.05, 3.63) is 30.0 Å². The molecule has 4 amide bonds. The first-order valence-electron chi connectivity index (χ1n) is 19.9. The third kappa shape index (κ3) is 7.88. The Morgan fingerprint density at radius 2 is 1.70 bits per heavy atom. The molecule has 2 aliphatic heterocycles. The molecule has 1 saturated heterocycles. The summed E-state index contributed by atoms with van der Waals surface area (Å²) in [6, 6.07) is 4.10. The van der Waals surface area contributed by atoms with Crippen LogP contribution in [-0.2, 0) is 35.1 Å². The van der Waals surface area contributed by atoms with Crippen LogP contribution >= 0.6 is 0 Å². The fourth-order valence-electron chi connectivity index (χ4n) is 8.43. The molecule has 3 aliphatic carbocycles. The Morgan fingerprint density at radius 1 is 1.00 bits per heavy atom. The zero-order chi connectivity index (χ0) is 40.4. The van der Waals surface area contributed by atoms with Gasteiger partial charge in [-0.2, -0.15) is 8.78 Å². The van der Waals surface area contributed by atoms with E-state index in [1.807, 2.05) is 6.92 Å². The van der Waals surface area contributed by atoms with Gasteiger partial charge in [0.2, 0.25) is 27.7 Å². The van der Waals surface area contributed by atoms with Crippen molar-refractivity contribution in [2.24, 2.45) is 23.2 Å². The molecule has 56 heavy (non-hydrogen) atoms. The number of carbonyl (C=O) groups excluding carboxylic acids is 4. The lowest BCUT2D eigenvalue weighted by atomic mass is 9.85. The van der Waals surface area contributed by atoms with E-state index in [2.05, 4.69) is 25.3 Å². The molecule has 306 valence electrons. The van der Waals surface area contributed by atoms with Crippen molar-refractivity contribution < 1.29 is 45.9 Å². The van der Waals surface area contributed by atoms with Gasteiger partial charge in [-0.3, -0.25) is 19.1 Å². The molecule has 8 unspecified atom stereocenters. The van der Waals surface area contributed by atoms with E-state index in [0.29, 0.717) is 44.0 Å². The maximum Gasteiger partial charge on any atom is 0.408 e. The standard InChI is InChI=1S/C39H52F2N6O8S/c1-6-22-19-38(22,35(50)46-56(52,53)23-15-16-23)45-32(48)29-24(7-2)28-20-47(29)34(49)31(37(3,4)5)44-36(51)55-27-18-21(27)12-10-11-17-39(40,41)30-33(54-28)43-26-14-9-8-13-25(26)42-30/h8-9,13-14,21-24,27-29,31H,6-7,10-12,15-20H2,1-5H3,(H,44,51)(H,45,48)(H,46,50). The summed E-state index contributed by atoms with van der Waals surface area (Å²) < 4.78 is 72.4. The highest BCUT2D eigenvalue weighted by Crippen LogP contribution is 2.48. The second-order valence-electron chi connectivity index (χ2n) is 17.3. The van der Waals surface area contributed by atoms with E-state index in [-0.39, 0.29) is 43.2 Å². The Labute approximate surface area is 325 Å². The van der Waals surface area contributed by atoms with Crippen LogP contribution in [0.15, 0.2) is 24.3 Å². The summed E-state index contributed by atoms with van der Waals surface area (Å²) in [4.78, 5) is 66.6. The van der Waals surface area contributed by atoms with Gasteiger partial charge in [0.1, 0.15) is 29.8 Å². The van der Waals surface area contributed by atoms with E-state index in [4.69, 9.17) is 9.47 Å². The van der Waals surface area contributed by atoms with Gasteiger partial charge < -0.3 is 25.0 Å². The van der Waals surface area contributed by atoms with Crippen LogP contribution in [0.1, 0.15) is 105 Å². The summed E-state index contributed by atoms with van der Waals surface area (Å²) in [5.41, 5.74) is -2.49. The third-order valence-corrected chi connectivity index (χ3v) is 13.9. The SMILES string of the molecule is CCC1C2CN(C(=O)C(C(C)(C)C)NC(=O)OC3CC3CCCCC(F)(F)c3nc4ccccc4nc3O2)C1C(=O)NC1(C(=O)NS(=O)(=O)C2CC2)CC1CC. The molecular weight excluding hydrogens is 751 g/mol. The molecule has 1 aromatic heterocycles. The summed E-state index contributed by atoms with van der Waals surface area (Å²) in [5, 5.41) is 4.92. The largest absolute Gasteiger partial charge is 0.471 e. The second kappa shape index (κ2) is 14.7. The average molecular weight is 803 g/mol. The lowest BCUT2D eigenvalue weighted by molar-refractivity contribution is -0.143. The Balaban J connectivity index is 1.28. The number of sulfonamides is 1. The second-order valence-corrected chi connectivity index (χ2v) is 19.3. The van der Waals surface area contributed by atoms with E-state index >= 15 is 8.78 Å². The molecule has 3 N–H and O–H groups in total. The Hall–Kier alpha value is -4.15. The molecule has 3 saturated carbocycles. The van der Waals surface area contributed by atoms with E-state index in [1.54, 1.807) is 52.0 Å². The maximum absolute atomic E-state index is 16.2. The van der Waals surface area contributed by atoms with Crippen molar-refractivity contribution in [2.75, 3.05) is 6.54 Å². The number of hydrogen-bond donors (Lipinski definition) is 3. The zero-order valence-electron chi connectivity index (χ0n) is 32.5. The predicted octanol–water partition coefficient (Wildman–Crippen LogP) is 4.70. The number of amides is 4. The van der Waals surface area contributed by atoms with E-state index in [1.165, 1.54) is 4.90 Å². The number of halogens is 2. The van der Waals surface area contributed by atoms with Gasteiger partial charge in [-0.05, 0) is 74.3 Å². The Bertz CT molecular complexity index is 2010. The minimum Gasteiger partial charge on any atom is -0.471 e. The van der Waals surface area contributed by atoms with Crippen LogP contribution < -0.4 is 20.1 Å². The number of rotatable bonds is 7. The summed E-state index contributed by atoms with van der Waals surface area (Å²) >= 11 is 0. The van der Waals surface area contributed by atoms with Crippen LogP contribution in [0.3, 0.4) is 0 Å². The molecule has 8 atom stereocenters. The summed E-state index contributed by atoms with van der Waals surface area (Å²) in [7, 11) is -3.94. The number of benzene rings is 1. The van der Waals surface area contributed by atoms with Gasteiger partial charge in [0, 0.05) is 12.3 Å². The van der Waals surface area contributed by atoms with Crippen molar-refractivity contribution in [1.82, 2.24) is 30.2 Å². The minimum absolute atomic E-state index is 0.00674. The number of hydrogen-bond acceptors (Lipinski definition) is 10. The van der Waals surface area contributed by atoms with E-state index in [9.17, 15) is 27.6 Å². The summed E-state index contributed by atoms with van der Waals surface area (Å²) in [5.74, 6) is -7.24. The number of carbonyl (C=O) groups is 4. The fraction of sp³-hybridized carbons (Fsp3) is 0.692. The molecule has 17 heteroatoms. The topological polar surface area (TPSA) is 186 Å². The molecule has 0 spiro atoms. The number of nitrogens with zero attached hydrogens (tertiary/aromatic N) is 3. The first kappa shape index (κ1) is 40.1. The first-order chi connectivity index (χ1) is 26.4. The van der Waals surface area contributed by atoms with Crippen molar-refractivity contribution in [1.29, 1.82) is 0 Å². The molecule has 5 aliphatic rings. The maximum atomic E-state index is 16.2. The van der Waals surface area contributed by atoms with Crippen LogP contribution in [-0.4, -0.2) is 88.7 Å². The van der Waals surface area contributed by atoms with Crippen LogP contribution in [0.2, 0.25) is 0 Å². The molecule has 2 aromatic rings. The lowest BCUT2D eigenvalue weighted by Gasteiger charge is -2.36. The number of fused-ring (bicyclic) bond motifs is 5. The highest BCUT2D eigenvalue weighted by molar-refractivity contribution is 7.91. The monoisotopic (exact) mass is 802 g/mol. The van der Waals surface area contributed by atoms with Gasteiger partial charge in [-0.1, -0.05) is 59.6 Å². The molecule has 14 nitrogen and oxygen atoms in total. The van der Waals surface area contributed by atoms with Crippen molar-refractivity contribution in [3.8, 4) is 5.88 Å². The quantitative estimate of drug-likeness (QED) is 0.355. The van der Waals surface area contributed by atoms with E-state index in [0.717, 1.165) is 0 Å². The predicted molar refractivity (Wildman–Crippen MR) is 200 cm³/mol. The van der Waals surface area contributed by atoms with Crippen LogP contribution in [0.4, 0.5) is 13.6 Å². The Morgan fingerprint density at radius 3 is 2.32 bits per heavy atom. The summed E-state index contributed by atoms with van der Waals surface area (Å²) in [6.07, 6.45) is 0.758. The van der Waals surface area contributed by atoms with Gasteiger partial charge in [-0.25, -0.2) is 23.2 Å². The zero-order valence-corrected chi connectivity index (χ0v) is 33.3. The molecule has 4 fully saturated rings. The fourth-order valence-corrected chi connectivity index (χ4v) is 9.79. The number of ether oxygens (including phenoxy) is 2. The van der Waals surface area contributed by atoms with E-state index < -0.39 is 104 Å². The van der Waals surface area contributed by atoms with Crippen LogP contribution in [0.5, 0.6) is 5.88 Å². The first-order valence-corrected chi connectivity index (χ1v) is 21.4. The molecule has 7 rings (SSSR count). The molecule has 2 bridgehead atoms.